The average molecular weight is 278 g/mol. The fourth-order valence-electron chi connectivity index (χ4n) is 2.30. The van der Waals surface area contributed by atoms with E-state index in [0.717, 1.165) is 51.3 Å². The van der Waals surface area contributed by atoms with Crippen molar-refractivity contribution in [3.05, 3.63) is 30.1 Å². The van der Waals surface area contributed by atoms with E-state index in [2.05, 4.69) is 21.7 Å². The lowest BCUT2D eigenvalue weighted by atomic mass is 10.2. The number of anilines is 1. The number of piperazine rings is 1. The predicted octanol–water partition coefficient (Wildman–Crippen LogP) is 2.06. The molecule has 1 fully saturated rings. The Hall–Kier alpha value is -1.78. The maximum Gasteiger partial charge on any atom is 0.191 e. The minimum atomic E-state index is -0.195. The molecule has 4 nitrogen and oxygen atoms in total. The summed E-state index contributed by atoms with van der Waals surface area (Å²) in [7, 11) is 0. The minimum absolute atomic E-state index is 0.195. The number of hydrogen-bond donors (Lipinski definition) is 1. The van der Waals surface area contributed by atoms with Crippen molar-refractivity contribution in [2.45, 2.75) is 19.8 Å². The van der Waals surface area contributed by atoms with Crippen LogP contribution in [0.1, 0.15) is 19.8 Å². The number of hydrogen-bond acceptors (Lipinski definition) is 2. The van der Waals surface area contributed by atoms with E-state index >= 15 is 0 Å². The monoisotopic (exact) mass is 278 g/mol. The lowest BCUT2D eigenvalue weighted by Gasteiger charge is -2.36. The molecule has 1 aliphatic heterocycles. The molecule has 0 aliphatic carbocycles. The van der Waals surface area contributed by atoms with Gasteiger partial charge in [0.05, 0.1) is 0 Å². The number of rotatable bonds is 4. The summed E-state index contributed by atoms with van der Waals surface area (Å²) in [6.45, 7) is 6.44. The molecule has 0 spiro atoms. The summed E-state index contributed by atoms with van der Waals surface area (Å²) >= 11 is 0. The molecule has 2 rings (SSSR count). The van der Waals surface area contributed by atoms with Crippen LogP contribution >= 0.6 is 0 Å². The van der Waals surface area contributed by atoms with Gasteiger partial charge in [0, 0.05) is 38.4 Å². The van der Waals surface area contributed by atoms with Gasteiger partial charge in [-0.1, -0.05) is 13.3 Å². The van der Waals surface area contributed by atoms with Gasteiger partial charge >= 0.3 is 0 Å². The van der Waals surface area contributed by atoms with Gasteiger partial charge in [-0.2, -0.15) is 0 Å². The van der Waals surface area contributed by atoms with Crippen LogP contribution in [0.25, 0.3) is 0 Å². The zero-order valence-corrected chi connectivity index (χ0v) is 12.1. The number of guanidine groups is 1. The van der Waals surface area contributed by atoms with E-state index in [-0.39, 0.29) is 5.82 Å². The van der Waals surface area contributed by atoms with E-state index in [1.54, 1.807) is 0 Å². The number of nitrogens with two attached hydrogens (primary N) is 1. The fraction of sp³-hybridized carbons (Fsp3) is 0.533. The van der Waals surface area contributed by atoms with Crippen molar-refractivity contribution < 1.29 is 4.39 Å². The highest BCUT2D eigenvalue weighted by atomic mass is 19.1. The Morgan fingerprint density at radius 1 is 1.20 bits per heavy atom. The molecule has 1 aliphatic rings. The van der Waals surface area contributed by atoms with Crippen LogP contribution in [0.5, 0.6) is 0 Å². The van der Waals surface area contributed by atoms with E-state index in [4.69, 9.17) is 5.73 Å². The molecule has 5 heteroatoms. The molecule has 0 aromatic heterocycles. The molecule has 1 saturated heterocycles. The third-order valence-corrected chi connectivity index (χ3v) is 3.58. The van der Waals surface area contributed by atoms with E-state index < -0.39 is 0 Å². The van der Waals surface area contributed by atoms with Crippen molar-refractivity contribution in [1.82, 2.24) is 4.90 Å². The Morgan fingerprint density at radius 3 is 2.45 bits per heavy atom. The molecular formula is C15H23FN4. The van der Waals surface area contributed by atoms with Crippen LogP contribution in [0.4, 0.5) is 10.1 Å². The third-order valence-electron chi connectivity index (χ3n) is 3.58. The standard InChI is InChI=1S/C15H23FN4/c1-2-3-8-18-15(17)20-11-9-19(10-12-20)14-6-4-13(16)5-7-14/h4-7H,2-3,8-12H2,1H3,(H2,17,18). The lowest BCUT2D eigenvalue weighted by molar-refractivity contribution is 0.380. The van der Waals surface area contributed by atoms with Crippen LogP contribution in [-0.4, -0.2) is 43.6 Å². The van der Waals surface area contributed by atoms with E-state index in [9.17, 15) is 4.39 Å². The average Bonchev–Trinajstić information content (AvgIpc) is 2.48. The van der Waals surface area contributed by atoms with Gasteiger partial charge in [0.15, 0.2) is 5.96 Å². The van der Waals surface area contributed by atoms with Gasteiger partial charge in [-0.05, 0) is 30.7 Å². The van der Waals surface area contributed by atoms with Gasteiger partial charge in [0.1, 0.15) is 5.82 Å². The first-order valence-corrected chi connectivity index (χ1v) is 7.26. The van der Waals surface area contributed by atoms with Crippen LogP contribution in [0, 0.1) is 5.82 Å². The molecule has 0 unspecified atom stereocenters. The molecule has 0 bridgehead atoms. The Labute approximate surface area is 120 Å². The second kappa shape index (κ2) is 7.12. The van der Waals surface area contributed by atoms with Gasteiger partial charge in [-0.25, -0.2) is 4.39 Å². The third kappa shape index (κ3) is 3.85. The molecule has 0 radical (unpaired) electrons. The first-order chi connectivity index (χ1) is 9.70. The maximum absolute atomic E-state index is 12.9. The van der Waals surface area contributed by atoms with Crippen LogP contribution < -0.4 is 10.6 Å². The lowest BCUT2D eigenvalue weighted by Crippen LogP contribution is -2.51. The Kier molecular flexibility index (Phi) is 5.21. The number of aliphatic imine (C=N–C) groups is 1. The van der Waals surface area contributed by atoms with Crippen LogP contribution in [-0.2, 0) is 0 Å². The van der Waals surface area contributed by atoms with E-state index in [1.165, 1.54) is 12.1 Å². The first-order valence-electron chi connectivity index (χ1n) is 7.26. The molecule has 0 amide bonds. The van der Waals surface area contributed by atoms with Gasteiger partial charge in [0.2, 0.25) is 0 Å². The van der Waals surface area contributed by atoms with Crippen molar-refractivity contribution in [3.8, 4) is 0 Å². The van der Waals surface area contributed by atoms with E-state index in [0.29, 0.717) is 5.96 Å². The van der Waals surface area contributed by atoms with Crippen molar-refractivity contribution in [2.24, 2.45) is 10.7 Å². The first kappa shape index (κ1) is 14.6. The number of nitrogens with zero attached hydrogens (tertiary/aromatic N) is 3. The highest BCUT2D eigenvalue weighted by Crippen LogP contribution is 2.16. The molecular weight excluding hydrogens is 255 g/mol. The summed E-state index contributed by atoms with van der Waals surface area (Å²) in [6, 6.07) is 6.65. The summed E-state index contributed by atoms with van der Waals surface area (Å²) in [6.07, 6.45) is 2.21. The van der Waals surface area contributed by atoms with Gasteiger partial charge in [0.25, 0.3) is 0 Å². The van der Waals surface area contributed by atoms with Crippen molar-refractivity contribution in [3.63, 3.8) is 0 Å². The summed E-state index contributed by atoms with van der Waals surface area (Å²) < 4.78 is 12.9. The number of halogens is 1. The van der Waals surface area contributed by atoms with Gasteiger partial charge < -0.3 is 15.5 Å². The molecule has 1 heterocycles. The second-order valence-electron chi connectivity index (χ2n) is 5.04. The second-order valence-corrected chi connectivity index (χ2v) is 5.04. The Morgan fingerprint density at radius 2 is 1.85 bits per heavy atom. The zero-order chi connectivity index (χ0) is 14.4. The highest BCUT2D eigenvalue weighted by molar-refractivity contribution is 5.78. The topological polar surface area (TPSA) is 44.9 Å². The SMILES string of the molecule is CCCCN=C(N)N1CCN(c2ccc(F)cc2)CC1. The van der Waals surface area contributed by atoms with Gasteiger partial charge in [-0.3, -0.25) is 4.99 Å². The van der Waals surface area contributed by atoms with Crippen LogP contribution in [0.2, 0.25) is 0 Å². The number of benzene rings is 1. The van der Waals surface area contributed by atoms with Crippen molar-refractivity contribution in [1.29, 1.82) is 0 Å². The Balaban J connectivity index is 1.85. The summed E-state index contributed by atoms with van der Waals surface area (Å²) in [4.78, 5) is 8.77. The smallest absolute Gasteiger partial charge is 0.191 e. The molecule has 1 aromatic rings. The van der Waals surface area contributed by atoms with E-state index in [1.807, 2.05) is 12.1 Å². The number of unbranched alkanes of at least 4 members (excludes halogenated alkanes) is 1. The summed E-state index contributed by atoms with van der Waals surface area (Å²) in [5, 5.41) is 0. The zero-order valence-electron chi connectivity index (χ0n) is 12.1. The minimum Gasteiger partial charge on any atom is -0.370 e. The Bertz CT molecular complexity index is 436. The summed E-state index contributed by atoms with van der Waals surface area (Å²) in [5.41, 5.74) is 7.06. The molecule has 20 heavy (non-hydrogen) atoms. The molecule has 110 valence electrons. The normalized spacial score (nSPS) is 16.6. The van der Waals surface area contributed by atoms with Crippen molar-refractivity contribution in [2.75, 3.05) is 37.6 Å². The quantitative estimate of drug-likeness (QED) is 0.521. The van der Waals surface area contributed by atoms with Crippen LogP contribution in [0.15, 0.2) is 29.3 Å². The van der Waals surface area contributed by atoms with Crippen molar-refractivity contribution >= 4 is 11.6 Å². The molecule has 2 N–H and O–H groups in total. The van der Waals surface area contributed by atoms with Gasteiger partial charge in [-0.15, -0.1) is 0 Å². The predicted molar refractivity (Wildman–Crippen MR) is 81.6 cm³/mol. The molecule has 1 aromatic carbocycles. The fourth-order valence-corrected chi connectivity index (χ4v) is 2.30. The molecule has 0 saturated carbocycles. The largest absolute Gasteiger partial charge is 0.370 e. The molecule has 0 atom stereocenters. The summed E-state index contributed by atoms with van der Waals surface area (Å²) in [5.74, 6) is 0.455. The highest BCUT2D eigenvalue weighted by Gasteiger charge is 2.18. The maximum atomic E-state index is 12.9. The van der Waals surface area contributed by atoms with Crippen LogP contribution in [0.3, 0.4) is 0 Å².